The number of imide groups is 2. The molecule has 0 N–H and O–H groups in total. The van der Waals surface area contributed by atoms with Crippen LogP contribution in [0.5, 0.6) is 0 Å². The number of esters is 2. The van der Waals surface area contributed by atoms with E-state index >= 15 is 13.2 Å². The van der Waals surface area contributed by atoms with Gasteiger partial charge in [-0.25, -0.2) is 0 Å². The van der Waals surface area contributed by atoms with Crippen LogP contribution >= 0.6 is 22.7 Å². The van der Waals surface area contributed by atoms with Crippen molar-refractivity contribution in [2.24, 2.45) is 23.7 Å². The summed E-state index contributed by atoms with van der Waals surface area (Å²) >= 11 is 2.63. The molecule has 4 bridgehead atoms. The number of amides is 4. The molecule has 0 aliphatic carbocycles. The molecule has 416 valence electrons. The first-order chi connectivity index (χ1) is 39.6. The van der Waals surface area contributed by atoms with E-state index in [0.29, 0.717) is 28.4 Å². The molecule has 17 nitrogen and oxygen atoms in total. The van der Waals surface area contributed by atoms with E-state index in [-0.39, 0.29) is 51.0 Å². The number of thiophene rings is 2. The Bertz CT molecular complexity index is 3560. The lowest BCUT2D eigenvalue weighted by molar-refractivity contribution is -0.249. The Hall–Kier alpha value is -8.72. The van der Waals surface area contributed by atoms with E-state index in [4.69, 9.17) is 23.7 Å². The maximum absolute atomic E-state index is 15.6. The third-order valence-electron chi connectivity index (χ3n) is 15.6. The van der Waals surface area contributed by atoms with Crippen molar-refractivity contribution in [3.63, 3.8) is 0 Å². The van der Waals surface area contributed by atoms with Crippen molar-refractivity contribution in [2.45, 2.75) is 62.6 Å². The lowest BCUT2D eigenvalue weighted by Gasteiger charge is -2.33. The Morgan fingerprint density at radius 3 is 1.82 bits per heavy atom. The fourth-order valence-corrected chi connectivity index (χ4v) is 13.5. The van der Waals surface area contributed by atoms with E-state index < -0.39 is 112 Å². The van der Waals surface area contributed by atoms with Gasteiger partial charge in [-0.1, -0.05) is 72.8 Å². The number of anilines is 1. The van der Waals surface area contributed by atoms with Gasteiger partial charge in [0, 0.05) is 61.5 Å². The molecule has 9 unspecified atom stereocenters. The van der Waals surface area contributed by atoms with E-state index in [1.807, 2.05) is 66.4 Å². The van der Waals surface area contributed by atoms with E-state index in [1.54, 1.807) is 30.4 Å². The van der Waals surface area contributed by atoms with E-state index in [2.05, 4.69) is 0 Å². The molecule has 22 heteroatoms. The molecule has 0 saturated carbocycles. The van der Waals surface area contributed by atoms with E-state index in [1.165, 1.54) is 47.8 Å². The summed E-state index contributed by atoms with van der Waals surface area (Å²) in [4.78, 5) is 85.3. The van der Waals surface area contributed by atoms with Crippen molar-refractivity contribution in [3.05, 3.63) is 151 Å². The van der Waals surface area contributed by atoms with Crippen molar-refractivity contribution in [3.8, 4) is 28.6 Å². The minimum atomic E-state index is -5.23. The van der Waals surface area contributed by atoms with Gasteiger partial charge >= 0.3 is 18.1 Å². The molecule has 4 saturated heterocycles. The third kappa shape index (κ3) is 9.83. The highest BCUT2D eigenvalue weighted by atomic mass is 32.1. The molecule has 0 spiro atoms. The second kappa shape index (κ2) is 22.3. The Kier molecular flexibility index (Phi) is 15.0. The van der Waals surface area contributed by atoms with Crippen LogP contribution in [-0.2, 0) is 64.7 Å². The zero-order valence-corrected chi connectivity index (χ0v) is 45.1. The maximum atomic E-state index is 15.6. The van der Waals surface area contributed by atoms with Crippen LogP contribution in [0.25, 0.3) is 28.7 Å². The molecule has 82 heavy (non-hydrogen) atoms. The van der Waals surface area contributed by atoms with Gasteiger partial charge in [0.15, 0.2) is 11.3 Å². The molecule has 9 heterocycles. The molecule has 4 fully saturated rings. The second-order valence-corrected chi connectivity index (χ2v) is 22.3. The zero-order chi connectivity index (χ0) is 57.6. The first-order valence-electron chi connectivity index (χ1n) is 26.2. The van der Waals surface area contributed by atoms with Crippen LogP contribution in [0.2, 0.25) is 0 Å². The number of allylic oxidation sites excluding steroid dienone is 2. The molecule has 0 radical (unpaired) electrons. The SMILES string of the molecule is CCN(CCOC(=O)CCN1C(=O)C2C3C=CC(O3)C2C1=O)c1ccc(-c2ccc(/C=C/c3cc(COC(=O)CCN4C(=O)C5C6C=CC(O6)C5C4=O)c(/C=C/C4=C(C#N)C(=C(C#N)C#N)OC4(c4ccccc4)C(F)(F)F)s3)s2)cc1. The molecule has 2 aromatic heterocycles. The lowest BCUT2D eigenvalue weighted by atomic mass is 9.84. The third-order valence-corrected chi connectivity index (χ3v) is 17.8. The molecule has 4 aromatic rings. The second-order valence-electron chi connectivity index (χ2n) is 20.0. The average Bonchev–Trinajstić information content (AvgIpc) is 4.55. The summed E-state index contributed by atoms with van der Waals surface area (Å²) in [5.41, 5.74) is -3.76. The zero-order valence-electron chi connectivity index (χ0n) is 43.4. The van der Waals surface area contributed by atoms with Gasteiger partial charge in [-0.3, -0.25) is 38.6 Å². The van der Waals surface area contributed by atoms with Crippen molar-refractivity contribution < 1.29 is 65.6 Å². The van der Waals surface area contributed by atoms with E-state index in [0.717, 1.165) is 60.4 Å². The van der Waals surface area contributed by atoms with Crippen molar-refractivity contribution in [2.75, 3.05) is 37.7 Å². The highest BCUT2D eigenvalue weighted by Crippen LogP contribution is 2.56. The quantitative estimate of drug-likeness (QED) is 0.0372. The number of ether oxygens (including phenoxy) is 5. The van der Waals surface area contributed by atoms with Gasteiger partial charge in [-0.2, -0.15) is 29.0 Å². The normalized spacial score (nSPS) is 25.6. The van der Waals surface area contributed by atoms with Gasteiger partial charge in [0.05, 0.1) is 67.5 Å². The Morgan fingerprint density at radius 1 is 0.720 bits per heavy atom. The average molecular weight is 1150 g/mol. The standard InChI is InChI=1S/C60H47F3N6O11S2/c1-2-67(26-27-76-48(70)22-24-68-55(72)50-42-16-17-43(78-42)51(50)56(68)73)37-10-8-33(9-11-37)46-20-14-38(81-46)12-13-39-28-34(32-77-49(71)23-25-69-57(74)52-44-18-19-45(79-44)53(52)58(69)75)47(82-39)21-15-41-40(31-66)54(35(29-64)30-65)80-59(41,60(61,62)63)36-6-4-3-5-7-36/h3-21,28,42-45,50-53H,2,22-27,32H2,1H3/b13-12+,21-15+. The van der Waals surface area contributed by atoms with Gasteiger partial charge in [-0.05, 0) is 61.0 Å². The van der Waals surface area contributed by atoms with Crippen LogP contribution in [-0.4, -0.2) is 109 Å². The number of nitrogens with zero attached hydrogens (tertiary/aromatic N) is 6. The maximum Gasteiger partial charge on any atom is 0.437 e. The van der Waals surface area contributed by atoms with Crippen molar-refractivity contribution in [1.82, 2.24) is 9.80 Å². The summed E-state index contributed by atoms with van der Waals surface area (Å²) in [5.74, 6) is -5.96. The first-order valence-corrected chi connectivity index (χ1v) is 27.8. The minimum absolute atomic E-state index is 0.0464. The topological polar surface area (TPSA) is 230 Å². The fraction of sp³-hybridized carbons (Fsp3) is 0.317. The number of rotatable bonds is 19. The largest absolute Gasteiger partial charge is 0.465 e. The number of carbonyl (C=O) groups excluding carboxylic acids is 6. The Morgan fingerprint density at radius 2 is 1.28 bits per heavy atom. The number of hydrogen-bond donors (Lipinski definition) is 0. The molecule has 9 atom stereocenters. The minimum Gasteiger partial charge on any atom is -0.465 e. The molecule has 2 aromatic carbocycles. The summed E-state index contributed by atoms with van der Waals surface area (Å²) in [7, 11) is 0. The molecule has 7 aliphatic heterocycles. The van der Waals surface area contributed by atoms with Crippen LogP contribution in [0.15, 0.2) is 126 Å². The molecule has 11 rings (SSSR count). The number of fused-ring (bicyclic) bond motifs is 10. The predicted molar refractivity (Wildman–Crippen MR) is 289 cm³/mol. The molecular formula is C60H47F3N6O11S2. The molecule has 4 amide bonds. The van der Waals surface area contributed by atoms with E-state index in [9.17, 15) is 44.6 Å². The number of halogens is 3. The van der Waals surface area contributed by atoms with Crippen LogP contribution in [0.3, 0.4) is 0 Å². The number of alkyl halides is 3. The summed E-state index contributed by atoms with van der Waals surface area (Å²) < 4.78 is 75.0. The summed E-state index contributed by atoms with van der Waals surface area (Å²) in [6.07, 6.45) is 5.64. The molecular weight excluding hydrogens is 1100 g/mol. The number of hydrogen-bond acceptors (Lipinski definition) is 17. The lowest BCUT2D eigenvalue weighted by Crippen LogP contribution is -2.43. The predicted octanol–water partition coefficient (Wildman–Crippen LogP) is 8.34. The van der Waals surface area contributed by atoms with Gasteiger partial charge in [0.1, 0.15) is 37.0 Å². The van der Waals surface area contributed by atoms with Gasteiger partial charge < -0.3 is 28.6 Å². The number of nitriles is 3. The Labute approximate surface area is 475 Å². The number of likely N-dealkylation sites (tertiary alicyclic amines) is 2. The summed E-state index contributed by atoms with van der Waals surface area (Å²) in [6, 6.07) is 24.7. The highest BCUT2D eigenvalue weighted by molar-refractivity contribution is 7.16. The number of likely N-dealkylation sites (N-methyl/N-ethyl adjacent to an activating group) is 1. The van der Waals surface area contributed by atoms with Crippen LogP contribution in [0.1, 0.15) is 45.5 Å². The Balaban J connectivity index is 0.778. The van der Waals surface area contributed by atoms with Gasteiger partial charge in [-0.15, -0.1) is 22.7 Å². The first kappa shape index (κ1) is 55.2. The number of benzene rings is 2. The summed E-state index contributed by atoms with van der Waals surface area (Å²) in [5, 5.41) is 29.8. The van der Waals surface area contributed by atoms with Gasteiger partial charge in [0.25, 0.3) is 5.60 Å². The number of carbonyl (C=O) groups is 6. The summed E-state index contributed by atoms with van der Waals surface area (Å²) in [6.45, 7) is 2.44. The van der Waals surface area contributed by atoms with Crippen LogP contribution < -0.4 is 4.90 Å². The monoisotopic (exact) mass is 1150 g/mol. The fourth-order valence-electron chi connectivity index (χ4n) is 11.6. The van der Waals surface area contributed by atoms with Crippen molar-refractivity contribution in [1.29, 1.82) is 15.8 Å². The van der Waals surface area contributed by atoms with Crippen LogP contribution in [0.4, 0.5) is 18.9 Å². The highest BCUT2D eigenvalue weighted by Gasteiger charge is 2.66. The van der Waals surface area contributed by atoms with Crippen LogP contribution in [0, 0.1) is 57.7 Å². The molecule has 7 aliphatic rings. The smallest absolute Gasteiger partial charge is 0.437 e. The van der Waals surface area contributed by atoms with Crippen molar-refractivity contribution >= 4 is 82.2 Å². The van der Waals surface area contributed by atoms with Gasteiger partial charge in [0.2, 0.25) is 23.6 Å².